The van der Waals surface area contributed by atoms with E-state index < -0.39 is 11.5 Å². The van der Waals surface area contributed by atoms with E-state index in [0.29, 0.717) is 10.8 Å². The number of aromatic nitrogens is 1. The standard InChI is InChI=1S/C20H18N2O4/c1-13-7-9-14(10-8-13)11-18(23)21-22-12-17(20(25)26-2)15-5-3-4-6-16(15)19(22)24/h3-10,12H,11H2,1-2H3,(H,21,23). The minimum atomic E-state index is -0.581. The molecular formula is C20H18N2O4. The molecule has 1 heterocycles. The summed E-state index contributed by atoms with van der Waals surface area (Å²) in [7, 11) is 1.27. The number of benzene rings is 2. The number of hydrogen-bond acceptors (Lipinski definition) is 4. The van der Waals surface area contributed by atoms with Crippen molar-refractivity contribution in [3.8, 4) is 0 Å². The van der Waals surface area contributed by atoms with Crippen molar-refractivity contribution in [2.75, 3.05) is 12.5 Å². The van der Waals surface area contributed by atoms with Crippen LogP contribution in [0.1, 0.15) is 21.5 Å². The van der Waals surface area contributed by atoms with Gasteiger partial charge >= 0.3 is 5.97 Å². The molecule has 1 aromatic heterocycles. The van der Waals surface area contributed by atoms with E-state index in [-0.39, 0.29) is 17.9 Å². The van der Waals surface area contributed by atoms with Crippen molar-refractivity contribution in [2.24, 2.45) is 0 Å². The number of fused-ring (bicyclic) bond motifs is 1. The van der Waals surface area contributed by atoms with Gasteiger partial charge in [-0.25, -0.2) is 9.47 Å². The summed E-state index contributed by atoms with van der Waals surface area (Å²) in [5.41, 5.74) is 4.27. The van der Waals surface area contributed by atoms with Gasteiger partial charge in [0.1, 0.15) is 0 Å². The first-order chi connectivity index (χ1) is 12.5. The van der Waals surface area contributed by atoms with Gasteiger partial charge in [0, 0.05) is 17.0 Å². The van der Waals surface area contributed by atoms with Gasteiger partial charge in [0.2, 0.25) is 5.91 Å². The molecule has 0 unspecified atom stereocenters. The molecule has 0 saturated heterocycles. The van der Waals surface area contributed by atoms with E-state index in [4.69, 9.17) is 4.74 Å². The number of rotatable bonds is 4. The number of nitrogens with zero attached hydrogens (tertiary/aromatic N) is 1. The zero-order valence-electron chi connectivity index (χ0n) is 14.5. The van der Waals surface area contributed by atoms with Gasteiger partial charge in [0.05, 0.1) is 19.1 Å². The molecular weight excluding hydrogens is 332 g/mol. The molecule has 0 bridgehead atoms. The second-order valence-electron chi connectivity index (χ2n) is 5.95. The maximum atomic E-state index is 12.6. The first kappa shape index (κ1) is 17.4. The van der Waals surface area contributed by atoms with Crippen LogP contribution >= 0.6 is 0 Å². The highest BCUT2D eigenvalue weighted by Gasteiger charge is 2.16. The number of pyridine rings is 1. The van der Waals surface area contributed by atoms with Gasteiger partial charge in [0.25, 0.3) is 5.56 Å². The van der Waals surface area contributed by atoms with Gasteiger partial charge in [-0.2, -0.15) is 0 Å². The minimum absolute atomic E-state index is 0.118. The summed E-state index contributed by atoms with van der Waals surface area (Å²) in [6.45, 7) is 1.97. The molecule has 0 aliphatic carbocycles. The average molecular weight is 350 g/mol. The minimum Gasteiger partial charge on any atom is -0.465 e. The van der Waals surface area contributed by atoms with Crippen LogP contribution in [0, 0.1) is 6.92 Å². The largest absolute Gasteiger partial charge is 0.465 e. The summed E-state index contributed by atoms with van der Waals surface area (Å²) < 4.78 is 5.82. The Morgan fingerprint density at radius 3 is 2.35 bits per heavy atom. The monoisotopic (exact) mass is 350 g/mol. The number of ether oxygens (including phenoxy) is 1. The van der Waals surface area contributed by atoms with Crippen LogP contribution in [0.25, 0.3) is 10.8 Å². The van der Waals surface area contributed by atoms with Crippen LogP contribution in [0.3, 0.4) is 0 Å². The lowest BCUT2D eigenvalue weighted by molar-refractivity contribution is -0.116. The third kappa shape index (κ3) is 3.49. The van der Waals surface area contributed by atoms with Gasteiger partial charge in [0.15, 0.2) is 0 Å². The van der Waals surface area contributed by atoms with Crippen molar-refractivity contribution in [2.45, 2.75) is 13.3 Å². The first-order valence-corrected chi connectivity index (χ1v) is 8.07. The van der Waals surface area contributed by atoms with E-state index in [1.807, 2.05) is 31.2 Å². The summed E-state index contributed by atoms with van der Waals surface area (Å²) >= 11 is 0. The zero-order valence-corrected chi connectivity index (χ0v) is 14.5. The smallest absolute Gasteiger partial charge is 0.340 e. The lowest BCUT2D eigenvalue weighted by Crippen LogP contribution is -2.34. The summed E-state index contributed by atoms with van der Waals surface area (Å²) in [6.07, 6.45) is 1.41. The Kier molecular flexibility index (Phi) is 4.84. The van der Waals surface area contributed by atoms with Gasteiger partial charge in [-0.1, -0.05) is 48.0 Å². The van der Waals surface area contributed by atoms with E-state index in [1.54, 1.807) is 24.3 Å². The number of esters is 1. The molecule has 0 radical (unpaired) electrons. The SMILES string of the molecule is COC(=O)c1cn(NC(=O)Cc2ccc(C)cc2)c(=O)c2ccccc12. The van der Waals surface area contributed by atoms with Crippen molar-refractivity contribution >= 4 is 22.6 Å². The van der Waals surface area contributed by atoms with Crippen LogP contribution in [0.5, 0.6) is 0 Å². The third-order valence-electron chi connectivity index (χ3n) is 4.06. The molecule has 0 spiro atoms. The van der Waals surface area contributed by atoms with Crippen molar-refractivity contribution in [3.63, 3.8) is 0 Å². The molecule has 3 aromatic rings. The Morgan fingerprint density at radius 1 is 1.04 bits per heavy atom. The molecule has 1 amide bonds. The van der Waals surface area contributed by atoms with Crippen molar-refractivity contribution < 1.29 is 14.3 Å². The van der Waals surface area contributed by atoms with E-state index in [2.05, 4.69) is 5.43 Å². The van der Waals surface area contributed by atoms with Crippen LogP contribution in [-0.2, 0) is 16.0 Å². The number of methoxy groups -OCH3 is 1. The third-order valence-corrected chi connectivity index (χ3v) is 4.06. The predicted octanol–water partition coefficient (Wildman–Crippen LogP) is 2.41. The lowest BCUT2D eigenvalue weighted by atomic mass is 10.1. The Labute approximate surface area is 150 Å². The maximum Gasteiger partial charge on any atom is 0.340 e. The van der Waals surface area contributed by atoms with Crippen LogP contribution in [0.15, 0.2) is 59.5 Å². The van der Waals surface area contributed by atoms with Gasteiger partial charge in [-0.15, -0.1) is 0 Å². The number of carbonyl (C=O) groups excluding carboxylic acids is 2. The van der Waals surface area contributed by atoms with Crippen LogP contribution in [0.4, 0.5) is 0 Å². The number of nitrogens with one attached hydrogen (secondary N) is 1. The molecule has 132 valence electrons. The highest BCUT2D eigenvalue weighted by Crippen LogP contribution is 2.16. The number of carbonyl (C=O) groups is 2. The molecule has 0 saturated carbocycles. The van der Waals surface area contributed by atoms with Crippen LogP contribution < -0.4 is 11.0 Å². The zero-order chi connectivity index (χ0) is 18.7. The number of aryl methyl sites for hydroxylation is 1. The second kappa shape index (κ2) is 7.23. The van der Waals surface area contributed by atoms with E-state index in [0.717, 1.165) is 15.8 Å². The fraction of sp³-hybridized carbons (Fsp3) is 0.150. The highest BCUT2D eigenvalue weighted by atomic mass is 16.5. The Balaban J connectivity index is 1.95. The molecule has 6 heteroatoms. The fourth-order valence-corrected chi connectivity index (χ4v) is 2.71. The maximum absolute atomic E-state index is 12.6. The quantitative estimate of drug-likeness (QED) is 0.733. The normalized spacial score (nSPS) is 10.5. The summed E-state index contributed by atoms with van der Waals surface area (Å²) in [5.74, 6) is -0.940. The molecule has 0 aliphatic rings. The summed E-state index contributed by atoms with van der Waals surface area (Å²) in [6, 6.07) is 14.3. The van der Waals surface area contributed by atoms with Crippen LogP contribution in [0.2, 0.25) is 0 Å². The van der Waals surface area contributed by atoms with Crippen molar-refractivity contribution in [1.29, 1.82) is 0 Å². The molecule has 0 aliphatic heterocycles. The lowest BCUT2D eigenvalue weighted by Gasteiger charge is -2.12. The predicted molar refractivity (Wildman–Crippen MR) is 98.8 cm³/mol. The summed E-state index contributed by atoms with van der Waals surface area (Å²) in [4.78, 5) is 37.0. The Hall–Kier alpha value is -3.41. The first-order valence-electron chi connectivity index (χ1n) is 8.07. The fourth-order valence-electron chi connectivity index (χ4n) is 2.71. The van der Waals surface area contributed by atoms with Gasteiger partial charge in [-0.05, 0) is 18.6 Å². The molecule has 6 nitrogen and oxygen atoms in total. The Bertz CT molecular complexity index is 1040. The van der Waals surface area contributed by atoms with Gasteiger partial charge < -0.3 is 4.74 Å². The molecule has 3 rings (SSSR count). The average Bonchev–Trinajstić information content (AvgIpc) is 2.65. The molecule has 0 fully saturated rings. The van der Waals surface area contributed by atoms with Crippen LogP contribution in [-0.4, -0.2) is 23.7 Å². The Morgan fingerprint density at radius 2 is 1.69 bits per heavy atom. The molecule has 2 aromatic carbocycles. The molecule has 1 N–H and O–H groups in total. The summed E-state index contributed by atoms with van der Waals surface area (Å²) in [5, 5.41) is 0.805. The second-order valence-corrected chi connectivity index (χ2v) is 5.95. The molecule has 26 heavy (non-hydrogen) atoms. The highest BCUT2D eigenvalue weighted by molar-refractivity contribution is 6.04. The van der Waals surface area contributed by atoms with Crippen molar-refractivity contribution in [3.05, 3.63) is 81.8 Å². The number of amides is 1. The topological polar surface area (TPSA) is 77.4 Å². The molecule has 0 atom stereocenters. The van der Waals surface area contributed by atoms with E-state index >= 15 is 0 Å². The van der Waals surface area contributed by atoms with Crippen molar-refractivity contribution in [1.82, 2.24) is 4.68 Å². The van der Waals surface area contributed by atoms with Gasteiger partial charge in [-0.3, -0.25) is 15.0 Å². The van der Waals surface area contributed by atoms with E-state index in [1.165, 1.54) is 13.3 Å². The number of hydrogen-bond donors (Lipinski definition) is 1. The van der Waals surface area contributed by atoms with E-state index in [9.17, 15) is 14.4 Å².